The Hall–Kier alpha value is -1.69. The number of anilines is 1. The maximum atomic E-state index is 12.1. The topological polar surface area (TPSA) is 63.7 Å². The molecule has 0 aromatic heterocycles. The standard InChI is InChI=1S/C16H18BrNO4/c1-9(2)4-5-22-13(19)8-18-14-10(3)6-11(17)7-12(14)15(20)16(18)21/h6-7,9H,4-5,8H2,1-3H3. The van der Waals surface area contributed by atoms with Crippen LogP contribution in [0.5, 0.6) is 0 Å². The largest absolute Gasteiger partial charge is 0.464 e. The molecule has 1 aromatic rings. The number of hydrogen-bond donors (Lipinski definition) is 0. The number of hydrogen-bond acceptors (Lipinski definition) is 4. The maximum Gasteiger partial charge on any atom is 0.326 e. The molecule has 0 bridgehead atoms. The first-order chi connectivity index (χ1) is 10.3. The van der Waals surface area contributed by atoms with E-state index in [1.54, 1.807) is 13.0 Å². The van der Waals surface area contributed by atoms with Crippen molar-refractivity contribution in [3.05, 3.63) is 27.7 Å². The summed E-state index contributed by atoms with van der Waals surface area (Å²) in [7, 11) is 0. The maximum absolute atomic E-state index is 12.1. The molecule has 1 aliphatic heterocycles. The number of benzene rings is 1. The summed E-state index contributed by atoms with van der Waals surface area (Å²) in [5.74, 6) is -1.34. The first-order valence-corrected chi connectivity index (χ1v) is 7.92. The highest BCUT2D eigenvalue weighted by molar-refractivity contribution is 9.10. The predicted molar refractivity (Wildman–Crippen MR) is 86.0 cm³/mol. The van der Waals surface area contributed by atoms with Crippen molar-refractivity contribution in [1.82, 2.24) is 0 Å². The van der Waals surface area contributed by atoms with Crippen LogP contribution in [0.15, 0.2) is 16.6 Å². The van der Waals surface area contributed by atoms with E-state index in [1.807, 2.05) is 19.9 Å². The highest BCUT2D eigenvalue weighted by Crippen LogP contribution is 2.34. The summed E-state index contributed by atoms with van der Waals surface area (Å²) < 4.78 is 5.85. The number of rotatable bonds is 5. The third kappa shape index (κ3) is 3.38. The van der Waals surface area contributed by atoms with Crippen molar-refractivity contribution in [1.29, 1.82) is 0 Å². The van der Waals surface area contributed by atoms with Crippen molar-refractivity contribution >= 4 is 39.3 Å². The number of Topliss-reactive ketones (excluding diaryl/α,β-unsaturated/α-hetero) is 1. The van der Waals surface area contributed by atoms with Gasteiger partial charge >= 0.3 is 5.97 Å². The van der Waals surface area contributed by atoms with E-state index in [1.165, 1.54) is 4.90 Å². The Morgan fingerprint density at radius 2 is 2.00 bits per heavy atom. The van der Waals surface area contributed by atoms with E-state index in [2.05, 4.69) is 15.9 Å². The van der Waals surface area contributed by atoms with Gasteiger partial charge in [0, 0.05) is 4.47 Å². The van der Waals surface area contributed by atoms with Crippen LogP contribution in [-0.2, 0) is 14.3 Å². The highest BCUT2D eigenvalue weighted by Gasteiger charge is 2.38. The lowest BCUT2D eigenvalue weighted by Crippen LogP contribution is -2.36. The van der Waals surface area contributed by atoms with Gasteiger partial charge in [0.15, 0.2) is 0 Å². The monoisotopic (exact) mass is 367 g/mol. The van der Waals surface area contributed by atoms with Crippen LogP contribution in [0.4, 0.5) is 5.69 Å². The Morgan fingerprint density at radius 3 is 2.64 bits per heavy atom. The van der Waals surface area contributed by atoms with Crippen LogP contribution < -0.4 is 4.90 Å². The Kier molecular flexibility index (Phi) is 5.01. The molecular formula is C16H18BrNO4. The summed E-state index contributed by atoms with van der Waals surface area (Å²) >= 11 is 3.31. The Balaban J connectivity index is 2.15. The molecule has 5 nitrogen and oxygen atoms in total. The van der Waals surface area contributed by atoms with E-state index in [0.717, 1.165) is 16.5 Å². The number of aryl methyl sites for hydroxylation is 1. The van der Waals surface area contributed by atoms with Gasteiger partial charge in [0.05, 0.1) is 17.9 Å². The normalized spacial score (nSPS) is 13.8. The average Bonchev–Trinajstić information content (AvgIpc) is 2.64. The molecule has 1 heterocycles. The summed E-state index contributed by atoms with van der Waals surface area (Å²) in [6.07, 6.45) is 0.765. The number of carbonyl (C=O) groups excluding carboxylic acids is 3. The van der Waals surface area contributed by atoms with Crippen LogP contribution in [-0.4, -0.2) is 30.8 Å². The van der Waals surface area contributed by atoms with Gasteiger partial charge in [-0.2, -0.15) is 0 Å². The lowest BCUT2D eigenvalue weighted by atomic mass is 10.1. The van der Waals surface area contributed by atoms with Crippen molar-refractivity contribution in [2.45, 2.75) is 27.2 Å². The molecule has 0 unspecified atom stereocenters. The Labute approximate surface area is 137 Å². The second-order valence-corrected chi connectivity index (χ2v) is 6.66. The summed E-state index contributed by atoms with van der Waals surface area (Å²) in [4.78, 5) is 37.2. The minimum atomic E-state index is -0.683. The minimum Gasteiger partial charge on any atom is -0.464 e. The summed E-state index contributed by atoms with van der Waals surface area (Å²) in [6, 6.07) is 3.41. The molecule has 0 spiro atoms. The summed E-state index contributed by atoms with van der Waals surface area (Å²) in [5, 5.41) is 0. The number of halogens is 1. The number of carbonyl (C=O) groups is 3. The molecule has 0 fully saturated rings. The van der Waals surface area contributed by atoms with Crippen LogP contribution in [0.3, 0.4) is 0 Å². The van der Waals surface area contributed by atoms with Crippen LogP contribution in [0.2, 0.25) is 0 Å². The number of ether oxygens (including phenoxy) is 1. The third-order valence-corrected chi connectivity index (χ3v) is 3.92. The van der Waals surface area contributed by atoms with E-state index in [-0.39, 0.29) is 6.54 Å². The van der Waals surface area contributed by atoms with Gasteiger partial charge in [0.2, 0.25) is 0 Å². The van der Waals surface area contributed by atoms with Gasteiger partial charge in [-0.25, -0.2) is 0 Å². The van der Waals surface area contributed by atoms with Crippen molar-refractivity contribution in [3.8, 4) is 0 Å². The van der Waals surface area contributed by atoms with Crippen molar-refractivity contribution < 1.29 is 19.1 Å². The molecule has 22 heavy (non-hydrogen) atoms. The number of fused-ring (bicyclic) bond motifs is 1. The lowest BCUT2D eigenvalue weighted by Gasteiger charge is -2.18. The molecule has 0 N–H and O–H groups in total. The predicted octanol–water partition coefficient (Wildman–Crippen LogP) is 2.88. The van der Waals surface area contributed by atoms with Gasteiger partial charge in [-0.3, -0.25) is 19.3 Å². The van der Waals surface area contributed by atoms with Crippen LogP contribution in [0.1, 0.15) is 36.2 Å². The van der Waals surface area contributed by atoms with Gasteiger partial charge in [-0.05, 0) is 37.0 Å². The molecule has 1 aromatic carbocycles. The highest BCUT2D eigenvalue weighted by atomic mass is 79.9. The van der Waals surface area contributed by atoms with Gasteiger partial charge in [-0.15, -0.1) is 0 Å². The molecule has 1 amide bonds. The molecule has 1 aliphatic rings. The number of amides is 1. The SMILES string of the molecule is Cc1cc(Br)cc2c1N(CC(=O)OCCC(C)C)C(=O)C2=O. The van der Waals surface area contributed by atoms with Crippen molar-refractivity contribution in [3.63, 3.8) is 0 Å². The van der Waals surface area contributed by atoms with Gasteiger partial charge in [-0.1, -0.05) is 29.8 Å². The number of ketones is 1. The molecule has 0 saturated carbocycles. The zero-order chi connectivity index (χ0) is 16.4. The first kappa shape index (κ1) is 16.7. The number of nitrogens with zero attached hydrogens (tertiary/aromatic N) is 1. The average molecular weight is 368 g/mol. The minimum absolute atomic E-state index is 0.238. The second-order valence-electron chi connectivity index (χ2n) is 5.74. The van der Waals surface area contributed by atoms with E-state index >= 15 is 0 Å². The molecule has 0 radical (unpaired) electrons. The fourth-order valence-corrected chi connectivity index (χ4v) is 2.91. The molecule has 2 rings (SSSR count). The van der Waals surface area contributed by atoms with Crippen LogP contribution in [0.25, 0.3) is 0 Å². The molecular weight excluding hydrogens is 350 g/mol. The first-order valence-electron chi connectivity index (χ1n) is 7.13. The summed E-state index contributed by atoms with van der Waals surface area (Å²) in [5.41, 5.74) is 1.59. The molecule has 0 saturated heterocycles. The zero-order valence-corrected chi connectivity index (χ0v) is 14.4. The quantitative estimate of drug-likeness (QED) is 0.592. The van der Waals surface area contributed by atoms with E-state index in [9.17, 15) is 14.4 Å². The molecule has 118 valence electrons. The number of esters is 1. The van der Waals surface area contributed by atoms with Crippen LogP contribution >= 0.6 is 15.9 Å². The zero-order valence-electron chi connectivity index (χ0n) is 12.8. The Bertz CT molecular complexity index is 639. The molecule has 6 heteroatoms. The van der Waals surface area contributed by atoms with Crippen molar-refractivity contribution in [2.75, 3.05) is 18.1 Å². The van der Waals surface area contributed by atoms with Gasteiger partial charge < -0.3 is 4.74 Å². The van der Waals surface area contributed by atoms with Crippen molar-refractivity contribution in [2.24, 2.45) is 5.92 Å². The van der Waals surface area contributed by atoms with Gasteiger partial charge in [0.25, 0.3) is 11.7 Å². The van der Waals surface area contributed by atoms with Crippen LogP contribution in [0, 0.1) is 12.8 Å². The second kappa shape index (κ2) is 6.60. The van der Waals surface area contributed by atoms with E-state index in [0.29, 0.717) is 23.8 Å². The molecule has 0 atom stereocenters. The fraction of sp³-hybridized carbons (Fsp3) is 0.438. The Morgan fingerprint density at radius 1 is 1.32 bits per heavy atom. The third-order valence-electron chi connectivity index (χ3n) is 3.46. The molecule has 0 aliphatic carbocycles. The van der Waals surface area contributed by atoms with Gasteiger partial charge in [0.1, 0.15) is 6.54 Å². The smallest absolute Gasteiger partial charge is 0.326 e. The lowest BCUT2D eigenvalue weighted by molar-refractivity contribution is -0.142. The van der Waals surface area contributed by atoms with E-state index in [4.69, 9.17) is 4.74 Å². The summed E-state index contributed by atoms with van der Waals surface area (Å²) in [6.45, 7) is 5.95. The fourth-order valence-electron chi connectivity index (χ4n) is 2.34. The van der Waals surface area contributed by atoms with E-state index < -0.39 is 17.7 Å².